The fourth-order valence-electron chi connectivity index (χ4n) is 6.34. The fraction of sp³-hybridized carbons (Fsp3) is 0.343. The largest absolute Gasteiger partial charge is 0.468 e. The van der Waals surface area contributed by atoms with Crippen molar-refractivity contribution in [3.63, 3.8) is 0 Å². The molecule has 27 heteroatoms. The Morgan fingerprint density at radius 2 is 1.10 bits per heavy atom. The Bertz CT molecular complexity index is 2800. The van der Waals surface area contributed by atoms with Crippen LogP contribution in [-0.4, -0.2) is 126 Å². The predicted molar refractivity (Wildman–Crippen MR) is 215 cm³/mol. The van der Waals surface area contributed by atoms with Gasteiger partial charge in [0.15, 0.2) is 11.6 Å². The minimum Gasteiger partial charge on any atom is -0.468 e. The molecule has 0 unspecified atom stereocenters. The summed E-state index contributed by atoms with van der Waals surface area (Å²) in [5, 5.41) is 11.1. The number of ether oxygens (including phenoxy) is 1. The van der Waals surface area contributed by atoms with E-state index >= 15 is 0 Å². The summed E-state index contributed by atoms with van der Waals surface area (Å²) in [6.07, 6.45) is 2.57. The zero-order valence-corrected chi connectivity index (χ0v) is 35.6. The molecule has 2 aliphatic rings. The molecule has 0 N–H and O–H groups in total. The lowest BCUT2D eigenvalue weighted by Crippen LogP contribution is -2.50. The summed E-state index contributed by atoms with van der Waals surface area (Å²) >= 11 is 12.4. The first kappa shape index (κ1) is 46.0. The summed E-state index contributed by atoms with van der Waals surface area (Å²) in [6, 6.07) is 5.15. The molecule has 332 valence electrons. The molecule has 5 aromatic rings. The third kappa shape index (κ3) is 10.6. The third-order valence-electron chi connectivity index (χ3n) is 9.33. The molecule has 3 aromatic heterocycles. The molecule has 62 heavy (non-hydrogen) atoms. The van der Waals surface area contributed by atoms with Gasteiger partial charge in [-0.2, -0.15) is 33.2 Å². The number of piperazine rings is 2. The topological polar surface area (TPSA) is 216 Å². The number of rotatable bonds is 10. The standard InChI is InChI=1S/C18H17ClF2N6O4S.C17H17ClF2N4O5S/c1-11-23-16(31-24-11)10-32(29,30)26-4-2-25(3-5-26)15-9-22-27(18(28)17(15)19)14-7-12(20)6-13(21)8-14;1-29-15(25)10-30(27,28)23-4-2-22(3-5-23)14-9-21-24(17(26)16(14)18)13-7-11(19)6-12(20)8-13/h6-9H,2-5,10H2,1H3;6-9H,2-5,10H2,1H3. The van der Waals surface area contributed by atoms with E-state index in [-0.39, 0.29) is 85.4 Å². The predicted octanol–water partition coefficient (Wildman–Crippen LogP) is 2.30. The summed E-state index contributed by atoms with van der Waals surface area (Å²) in [4.78, 5) is 43.8. The lowest BCUT2D eigenvalue weighted by atomic mass is 10.3. The van der Waals surface area contributed by atoms with Crippen LogP contribution in [0.15, 0.2) is 62.9 Å². The number of benzene rings is 2. The van der Waals surface area contributed by atoms with Crippen LogP contribution in [0.2, 0.25) is 10.0 Å². The number of esters is 1. The quantitative estimate of drug-likeness (QED) is 0.145. The maximum atomic E-state index is 13.5. The zero-order chi connectivity index (χ0) is 45.1. The van der Waals surface area contributed by atoms with E-state index in [2.05, 4.69) is 25.1 Å². The molecular formula is C35H34Cl2F4N10O9S2. The second kappa shape index (κ2) is 18.9. The SMILES string of the molecule is COC(=O)CS(=O)(=O)N1CCN(c2cnn(-c3cc(F)cc(F)c3)c(=O)c2Cl)CC1.Cc1noc(CS(=O)(=O)N2CCN(c3cnn(-c4cc(F)cc(F)c4)c(=O)c3Cl)CC2)n1. The van der Waals surface area contributed by atoms with Gasteiger partial charge in [0, 0.05) is 64.5 Å². The van der Waals surface area contributed by atoms with Gasteiger partial charge >= 0.3 is 5.97 Å². The lowest BCUT2D eigenvalue weighted by molar-refractivity contribution is -0.137. The molecule has 0 saturated carbocycles. The van der Waals surface area contributed by atoms with Crippen molar-refractivity contribution in [2.24, 2.45) is 0 Å². The van der Waals surface area contributed by atoms with Crippen molar-refractivity contribution < 1.29 is 48.5 Å². The van der Waals surface area contributed by atoms with Gasteiger partial charge in [0.1, 0.15) is 39.1 Å². The molecule has 2 fully saturated rings. The Morgan fingerprint density at radius 1 is 0.694 bits per heavy atom. The van der Waals surface area contributed by atoms with Crippen molar-refractivity contribution in [1.29, 1.82) is 0 Å². The van der Waals surface area contributed by atoms with Gasteiger partial charge in [-0.1, -0.05) is 28.4 Å². The van der Waals surface area contributed by atoms with Crippen molar-refractivity contribution in [2.75, 3.05) is 75.0 Å². The van der Waals surface area contributed by atoms with Crippen LogP contribution in [0.3, 0.4) is 0 Å². The first-order chi connectivity index (χ1) is 29.3. The van der Waals surface area contributed by atoms with Gasteiger partial charge in [0.2, 0.25) is 25.9 Å². The summed E-state index contributed by atoms with van der Waals surface area (Å²) in [6.45, 7) is 2.90. The fourth-order valence-corrected chi connectivity index (χ4v) is 9.49. The van der Waals surface area contributed by atoms with Crippen molar-refractivity contribution in [3.05, 3.63) is 115 Å². The second-order valence-corrected chi connectivity index (χ2v) is 18.2. The number of methoxy groups -OCH3 is 1. The lowest BCUT2D eigenvalue weighted by Gasteiger charge is -2.35. The van der Waals surface area contributed by atoms with E-state index in [1.165, 1.54) is 16.7 Å². The number of aromatic nitrogens is 6. The molecule has 0 aliphatic carbocycles. The van der Waals surface area contributed by atoms with Crippen molar-refractivity contribution in [3.8, 4) is 11.4 Å². The molecule has 0 radical (unpaired) electrons. The molecule has 0 spiro atoms. The maximum Gasteiger partial charge on any atom is 0.322 e. The number of anilines is 2. The van der Waals surface area contributed by atoms with E-state index in [4.69, 9.17) is 27.7 Å². The number of hydrogen-bond donors (Lipinski definition) is 0. The molecule has 7 rings (SSSR count). The van der Waals surface area contributed by atoms with Crippen LogP contribution < -0.4 is 20.9 Å². The van der Waals surface area contributed by atoms with Crippen LogP contribution in [0.25, 0.3) is 11.4 Å². The van der Waals surface area contributed by atoms with Crippen molar-refractivity contribution >= 4 is 60.6 Å². The number of sulfonamides is 2. The molecule has 0 atom stereocenters. The van der Waals surface area contributed by atoms with Crippen LogP contribution in [0.4, 0.5) is 28.9 Å². The number of nitrogens with zero attached hydrogens (tertiary/aromatic N) is 10. The number of aryl methyl sites for hydroxylation is 1. The molecule has 0 bridgehead atoms. The normalized spacial score (nSPS) is 15.3. The average molecular weight is 950 g/mol. The molecular weight excluding hydrogens is 915 g/mol. The van der Waals surface area contributed by atoms with E-state index in [0.717, 1.165) is 45.0 Å². The Kier molecular flexibility index (Phi) is 14.0. The molecule has 5 heterocycles. The molecule has 2 saturated heterocycles. The number of carbonyl (C=O) groups excluding carboxylic acids is 1. The van der Waals surface area contributed by atoms with E-state index in [1.54, 1.807) is 16.7 Å². The Hall–Kier alpha value is -5.47. The molecule has 2 aliphatic heterocycles. The monoisotopic (exact) mass is 948 g/mol. The summed E-state index contributed by atoms with van der Waals surface area (Å²) < 4.78 is 117. The summed E-state index contributed by atoms with van der Waals surface area (Å²) in [7, 11) is -6.39. The number of hydrogen-bond acceptors (Lipinski definition) is 15. The Balaban J connectivity index is 0.000000207. The maximum absolute atomic E-state index is 13.5. The van der Waals surface area contributed by atoms with Crippen LogP contribution in [0.5, 0.6) is 0 Å². The van der Waals surface area contributed by atoms with Crippen LogP contribution in [0, 0.1) is 30.2 Å². The van der Waals surface area contributed by atoms with E-state index in [9.17, 15) is 48.8 Å². The number of halogens is 6. The third-order valence-corrected chi connectivity index (χ3v) is 13.6. The van der Waals surface area contributed by atoms with Gasteiger partial charge in [-0.3, -0.25) is 14.4 Å². The van der Waals surface area contributed by atoms with Gasteiger partial charge in [0.25, 0.3) is 11.1 Å². The highest BCUT2D eigenvalue weighted by Crippen LogP contribution is 2.26. The van der Waals surface area contributed by atoms with E-state index in [1.807, 2.05) is 0 Å². The van der Waals surface area contributed by atoms with E-state index in [0.29, 0.717) is 23.6 Å². The Morgan fingerprint density at radius 3 is 1.47 bits per heavy atom. The van der Waals surface area contributed by atoms with Gasteiger partial charge in [-0.15, -0.1) is 0 Å². The minimum atomic E-state index is -3.82. The number of carbonyl (C=O) groups is 1. The van der Waals surface area contributed by atoms with Crippen LogP contribution in [0.1, 0.15) is 11.7 Å². The first-order valence-corrected chi connectivity index (χ1v) is 22.0. The smallest absolute Gasteiger partial charge is 0.322 e. The van der Waals surface area contributed by atoms with Crippen LogP contribution in [-0.2, 0) is 35.3 Å². The molecule has 0 amide bonds. The average Bonchev–Trinajstić information content (AvgIpc) is 3.62. The highest BCUT2D eigenvalue weighted by Gasteiger charge is 2.32. The molecule has 19 nitrogen and oxygen atoms in total. The first-order valence-electron chi connectivity index (χ1n) is 18.1. The summed E-state index contributed by atoms with van der Waals surface area (Å²) in [5.41, 5.74) is -1.19. The zero-order valence-electron chi connectivity index (χ0n) is 32.4. The van der Waals surface area contributed by atoms with Gasteiger partial charge in [-0.25, -0.2) is 34.4 Å². The Labute approximate surface area is 359 Å². The van der Waals surface area contributed by atoms with Gasteiger partial charge in [-0.05, 0) is 31.2 Å². The van der Waals surface area contributed by atoms with Crippen molar-refractivity contribution in [1.82, 2.24) is 38.3 Å². The van der Waals surface area contributed by atoms with Crippen LogP contribution >= 0.6 is 23.2 Å². The second-order valence-electron chi connectivity index (χ2n) is 13.5. The highest BCUT2D eigenvalue weighted by atomic mass is 35.5. The van der Waals surface area contributed by atoms with E-state index < -0.39 is 71.9 Å². The van der Waals surface area contributed by atoms with Gasteiger partial charge < -0.3 is 19.1 Å². The minimum absolute atomic E-state index is 0.00886. The summed E-state index contributed by atoms with van der Waals surface area (Å²) in [5.74, 6) is -5.13. The highest BCUT2D eigenvalue weighted by molar-refractivity contribution is 7.89. The van der Waals surface area contributed by atoms with Crippen molar-refractivity contribution in [2.45, 2.75) is 12.7 Å². The molecule has 2 aromatic carbocycles. The van der Waals surface area contributed by atoms with Gasteiger partial charge in [0.05, 0.1) is 42.3 Å².